The second-order valence-corrected chi connectivity index (χ2v) is 5.77. The summed E-state index contributed by atoms with van der Waals surface area (Å²) in [6.07, 6.45) is 1.03. The average Bonchev–Trinajstić information content (AvgIpc) is 2.57. The van der Waals surface area contributed by atoms with Crippen LogP contribution >= 0.6 is 11.8 Å². The van der Waals surface area contributed by atoms with E-state index < -0.39 is 11.7 Å². The van der Waals surface area contributed by atoms with Crippen molar-refractivity contribution in [2.45, 2.75) is 4.90 Å². The summed E-state index contributed by atoms with van der Waals surface area (Å²) in [6.45, 7) is 3.29. The van der Waals surface area contributed by atoms with Gasteiger partial charge in [0.05, 0.1) is 11.4 Å². The summed E-state index contributed by atoms with van der Waals surface area (Å²) in [7, 11) is 0. The third kappa shape index (κ3) is 5.13. The number of phenols is 1. The summed E-state index contributed by atoms with van der Waals surface area (Å²) < 4.78 is 13.6. The highest BCUT2D eigenvalue weighted by molar-refractivity contribution is 8.00. The highest BCUT2D eigenvalue weighted by Crippen LogP contribution is 2.22. The number of aromatic hydroxyl groups is 1. The fourth-order valence-corrected chi connectivity index (χ4v) is 2.47. The molecule has 0 aliphatic carbocycles. The smallest absolute Gasteiger partial charge is 0.247 e. The van der Waals surface area contributed by atoms with E-state index in [1.807, 2.05) is 0 Å². The molecule has 0 radical (unpaired) electrons. The number of anilines is 2. The molecule has 0 spiro atoms. The summed E-state index contributed by atoms with van der Waals surface area (Å²) in [4.78, 5) is 24.0. The summed E-state index contributed by atoms with van der Waals surface area (Å²) in [5, 5.41) is 14.2. The number of benzene rings is 2. The van der Waals surface area contributed by atoms with Crippen LogP contribution in [0.5, 0.6) is 5.75 Å². The summed E-state index contributed by atoms with van der Waals surface area (Å²) >= 11 is 1.30. The Morgan fingerprint density at radius 3 is 2.54 bits per heavy atom. The highest BCUT2D eigenvalue weighted by Gasteiger charge is 2.09. The zero-order valence-electron chi connectivity index (χ0n) is 12.6. The minimum Gasteiger partial charge on any atom is -0.508 e. The number of halogens is 1. The van der Waals surface area contributed by atoms with Crippen LogP contribution in [0.25, 0.3) is 0 Å². The van der Waals surface area contributed by atoms with Gasteiger partial charge in [-0.15, -0.1) is 11.8 Å². The Kier molecular flexibility index (Phi) is 5.97. The van der Waals surface area contributed by atoms with Crippen LogP contribution in [-0.4, -0.2) is 22.7 Å². The van der Waals surface area contributed by atoms with Crippen molar-refractivity contribution in [3.05, 3.63) is 60.9 Å². The van der Waals surface area contributed by atoms with Crippen LogP contribution in [0, 0.1) is 5.82 Å². The van der Waals surface area contributed by atoms with Gasteiger partial charge < -0.3 is 15.7 Å². The third-order valence-corrected chi connectivity index (χ3v) is 3.91. The SMILES string of the molecule is C=CC(=O)Nc1cc(NC(=O)CSc2ccc(O)cc2)ccc1F. The van der Waals surface area contributed by atoms with E-state index in [0.717, 1.165) is 17.0 Å². The molecule has 0 heterocycles. The van der Waals surface area contributed by atoms with Crippen molar-refractivity contribution in [1.29, 1.82) is 0 Å². The van der Waals surface area contributed by atoms with E-state index in [-0.39, 0.29) is 23.1 Å². The molecule has 5 nitrogen and oxygen atoms in total. The van der Waals surface area contributed by atoms with E-state index in [1.165, 1.54) is 36.0 Å². The number of carbonyl (C=O) groups excluding carboxylic acids is 2. The molecule has 24 heavy (non-hydrogen) atoms. The molecule has 0 aliphatic heterocycles. The van der Waals surface area contributed by atoms with E-state index in [0.29, 0.717) is 5.69 Å². The topological polar surface area (TPSA) is 78.4 Å². The summed E-state index contributed by atoms with van der Waals surface area (Å²) in [5.41, 5.74) is 0.330. The minimum atomic E-state index is -0.610. The Balaban J connectivity index is 1.95. The van der Waals surface area contributed by atoms with Gasteiger partial charge in [0.15, 0.2) is 0 Å². The van der Waals surface area contributed by atoms with E-state index in [2.05, 4.69) is 17.2 Å². The van der Waals surface area contributed by atoms with Gasteiger partial charge in [0.25, 0.3) is 0 Å². The highest BCUT2D eigenvalue weighted by atomic mass is 32.2. The largest absolute Gasteiger partial charge is 0.508 e. The van der Waals surface area contributed by atoms with Gasteiger partial charge in [-0.3, -0.25) is 9.59 Å². The predicted octanol–water partition coefficient (Wildman–Crippen LogP) is 3.39. The van der Waals surface area contributed by atoms with Gasteiger partial charge in [-0.05, 0) is 48.5 Å². The minimum absolute atomic E-state index is 0.0381. The molecule has 2 aromatic carbocycles. The fraction of sp³-hybridized carbons (Fsp3) is 0.0588. The first-order valence-electron chi connectivity index (χ1n) is 6.92. The van der Waals surface area contributed by atoms with Crippen LogP contribution < -0.4 is 10.6 Å². The number of carbonyl (C=O) groups is 2. The van der Waals surface area contributed by atoms with Crippen molar-refractivity contribution in [3.8, 4) is 5.75 Å². The van der Waals surface area contributed by atoms with Gasteiger partial charge in [0.1, 0.15) is 11.6 Å². The lowest BCUT2D eigenvalue weighted by atomic mass is 10.2. The van der Waals surface area contributed by atoms with E-state index >= 15 is 0 Å². The van der Waals surface area contributed by atoms with Gasteiger partial charge in [-0.1, -0.05) is 6.58 Å². The Morgan fingerprint density at radius 2 is 1.88 bits per heavy atom. The molecule has 124 valence electrons. The Labute approximate surface area is 142 Å². The standard InChI is InChI=1S/C17H15FN2O3S/c1-2-16(22)20-15-9-11(3-8-14(15)18)19-17(23)10-24-13-6-4-12(21)5-7-13/h2-9,21H,1,10H2,(H,19,23)(H,20,22). The number of thioether (sulfide) groups is 1. The van der Waals surface area contributed by atoms with Crippen molar-refractivity contribution in [2.24, 2.45) is 0 Å². The quantitative estimate of drug-likeness (QED) is 0.553. The van der Waals surface area contributed by atoms with Crippen LogP contribution in [0.4, 0.5) is 15.8 Å². The fourth-order valence-electron chi connectivity index (χ4n) is 1.77. The van der Waals surface area contributed by atoms with Crippen molar-refractivity contribution in [3.63, 3.8) is 0 Å². The van der Waals surface area contributed by atoms with Crippen molar-refractivity contribution in [1.82, 2.24) is 0 Å². The van der Waals surface area contributed by atoms with Crippen LogP contribution in [0.1, 0.15) is 0 Å². The van der Waals surface area contributed by atoms with Crippen LogP contribution in [0.15, 0.2) is 60.0 Å². The molecule has 7 heteroatoms. The Morgan fingerprint density at radius 1 is 1.17 bits per heavy atom. The number of hydrogen-bond acceptors (Lipinski definition) is 4. The lowest BCUT2D eigenvalue weighted by Crippen LogP contribution is -2.15. The zero-order chi connectivity index (χ0) is 17.5. The molecule has 0 atom stereocenters. The molecule has 2 rings (SSSR count). The maximum atomic E-state index is 13.6. The molecule has 0 bridgehead atoms. The van der Waals surface area contributed by atoms with Crippen molar-refractivity contribution < 1.29 is 19.1 Å². The van der Waals surface area contributed by atoms with Gasteiger partial charge in [-0.2, -0.15) is 0 Å². The number of nitrogens with one attached hydrogen (secondary N) is 2. The molecule has 0 fully saturated rings. The molecule has 3 N–H and O–H groups in total. The zero-order valence-corrected chi connectivity index (χ0v) is 13.4. The van der Waals surface area contributed by atoms with Gasteiger partial charge in [0, 0.05) is 10.6 Å². The number of amides is 2. The maximum absolute atomic E-state index is 13.6. The molecule has 0 saturated heterocycles. The normalized spacial score (nSPS) is 10.0. The second-order valence-electron chi connectivity index (χ2n) is 4.72. The molecule has 2 amide bonds. The second kappa shape index (κ2) is 8.16. The maximum Gasteiger partial charge on any atom is 0.247 e. The summed E-state index contributed by atoms with van der Waals surface area (Å²) in [6, 6.07) is 10.4. The lowest BCUT2D eigenvalue weighted by Gasteiger charge is -2.09. The molecular weight excluding hydrogens is 331 g/mol. The van der Waals surface area contributed by atoms with E-state index in [9.17, 15) is 19.1 Å². The van der Waals surface area contributed by atoms with Crippen LogP contribution in [0.2, 0.25) is 0 Å². The summed E-state index contributed by atoms with van der Waals surface area (Å²) in [5.74, 6) is -1.12. The lowest BCUT2D eigenvalue weighted by molar-refractivity contribution is -0.114. The number of phenolic OH excluding ortho intramolecular Hbond substituents is 1. The van der Waals surface area contributed by atoms with Crippen LogP contribution in [-0.2, 0) is 9.59 Å². The van der Waals surface area contributed by atoms with Crippen molar-refractivity contribution in [2.75, 3.05) is 16.4 Å². The predicted molar refractivity (Wildman–Crippen MR) is 92.7 cm³/mol. The van der Waals surface area contributed by atoms with E-state index in [1.54, 1.807) is 12.1 Å². The van der Waals surface area contributed by atoms with Gasteiger partial charge in [0.2, 0.25) is 11.8 Å². The molecule has 0 aliphatic rings. The molecule has 0 aromatic heterocycles. The van der Waals surface area contributed by atoms with Gasteiger partial charge in [-0.25, -0.2) is 4.39 Å². The van der Waals surface area contributed by atoms with Gasteiger partial charge >= 0.3 is 0 Å². The first-order valence-corrected chi connectivity index (χ1v) is 7.91. The molecule has 2 aromatic rings. The monoisotopic (exact) mass is 346 g/mol. The molecular formula is C17H15FN2O3S. The number of rotatable bonds is 6. The molecule has 0 saturated carbocycles. The van der Waals surface area contributed by atoms with Crippen LogP contribution in [0.3, 0.4) is 0 Å². The first-order chi connectivity index (χ1) is 11.5. The molecule has 0 unspecified atom stereocenters. The first kappa shape index (κ1) is 17.6. The van der Waals surface area contributed by atoms with E-state index in [4.69, 9.17) is 0 Å². The third-order valence-electron chi connectivity index (χ3n) is 2.90. The average molecular weight is 346 g/mol. The number of hydrogen-bond donors (Lipinski definition) is 3. The Hall–Kier alpha value is -2.80. The van der Waals surface area contributed by atoms with Crippen molar-refractivity contribution >= 4 is 35.0 Å². The Bertz CT molecular complexity index is 763.